The van der Waals surface area contributed by atoms with Crippen molar-refractivity contribution >= 4 is 11.3 Å². The summed E-state index contributed by atoms with van der Waals surface area (Å²) >= 11 is 0. The third-order valence-corrected chi connectivity index (χ3v) is 3.77. The van der Waals surface area contributed by atoms with Gasteiger partial charge in [0.05, 0.1) is 0 Å². The largest absolute Gasteiger partial charge is 0.398 e. The average molecular weight is 295 g/mol. The van der Waals surface area contributed by atoms with Crippen LogP contribution >= 0.6 is 0 Å². The Morgan fingerprint density at radius 2 is 1.64 bits per heavy atom. The summed E-state index contributed by atoms with van der Waals surface area (Å²) in [4.78, 5) is 0. The van der Waals surface area contributed by atoms with Crippen molar-refractivity contribution in [3.05, 3.63) is 71.3 Å². The normalized spacial score (nSPS) is 9.82. The summed E-state index contributed by atoms with van der Waals surface area (Å²) in [6, 6.07) is 14.9. The number of nitrogens with two attached hydrogens (primary N) is 1. The average Bonchev–Trinajstić information content (AvgIpc) is 2.55. The van der Waals surface area contributed by atoms with Gasteiger partial charge in [-0.3, -0.25) is 0 Å². The molecular formula is C21H29N. The van der Waals surface area contributed by atoms with Gasteiger partial charge < -0.3 is 5.73 Å². The zero-order valence-corrected chi connectivity index (χ0v) is 14.4. The van der Waals surface area contributed by atoms with Gasteiger partial charge in [-0.25, -0.2) is 0 Å². The van der Waals surface area contributed by atoms with Crippen LogP contribution in [0.5, 0.6) is 0 Å². The quantitative estimate of drug-likeness (QED) is 0.692. The summed E-state index contributed by atoms with van der Waals surface area (Å²) in [6.07, 6.45) is 2.97. The Morgan fingerprint density at radius 1 is 1.00 bits per heavy atom. The van der Waals surface area contributed by atoms with E-state index in [9.17, 15) is 0 Å². The predicted molar refractivity (Wildman–Crippen MR) is 100 cm³/mol. The van der Waals surface area contributed by atoms with Gasteiger partial charge in [0.25, 0.3) is 0 Å². The van der Waals surface area contributed by atoms with Crippen molar-refractivity contribution in [2.45, 2.75) is 47.0 Å². The second-order valence-corrected chi connectivity index (χ2v) is 5.32. The smallest absolute Gasteiger partial charge is 0.0393 e. The third-order valence-electron chi connectivity index (χ3n) is 3.77. The number of aryl methyl sites for hydroxylation is 3. The van der Waals surface area contributed by atoms with Crippen molar-refractivity contribution in [1.29, 1.82) is 0 Å². The van der Waals surface area contributed by atoms with E-state index in [2.05, 4.69) is 50.8 Å². The molecule has 0 fully saturated rings. The molecule has 2 N–H and O–H groups in total. The molecule has 0 bridgehead atoms. The van der Waals surface area contributed by atoms with Crippen LogP contribution in [-0.2, 0) is 12.8 Å². The molecule has 0 aromatic heterocycles. The van der Waals surface area contributed by atoms with Crippen LogP contribution in [0.15, 0.2) is 49.0 Å². The second kappa shape index (κ2) is 9.09. The maximum atomic E-state index is 6.13. The Labute approximate surface area is 135 Å². The summed E-state index contributed by atoms with van der Waals surface area (Å²) in [5.41, 5.74) is 13.2. The van der Waals surface area contributed by atoms with Gasteiger partial charge >= 0.3 is 0 Å². The van der Waals surface area contributed by atoms with Crippen LogP contribution in [0.4, 0.5) is 5.69 Å². The molecule has 0 unspecified atom stereocenters. The van der Waals surface area contributed by atoms with Gasteiger partial charge in [-0.1, -0.05) is 69.3 Å². The molecule has 0 atom stereocenters. The van der Waals surface area contributed by atoms with Crippen LogP contribution in [0.2, 0.25) is 0 Å². The number of anilines is 1. The number of rotatable bonds is 5. The molecule has 118 valence electrons. The van der Waals surface area contributed by atoms with Crippen molar-refractivity contribution in [3.8, 4) is 0 Å². The molecule has 0 radical (unpaired) electrons. The number of nitrogen functional groups attached to an aromatic ring is 1. The molecule has 0 amide bonds. The lowest BCUT2D eigenvalue weighted by Gasteiger charge is -2.14. The van der Waals surface area contributed by atoms with Crippen LogP contribution in [0.3, 0.4) is 0 Å². The van der Waals surface area contributed by atoms with Crippen molar-refractivity contribution < 1.29 is 0 Å². The van der Waals surface area contributed by atoms with Crippen LogP contribution in [0, 0.1) is 6.92 Å². The lowest BCUT2D eigenvalue weighted by molar-refractivity contribution is 0.954. The lowest BCUT2D eigenvalue weighted by atomic mass is 9.93. The Hall–Kier alpha value is -2.02. The van der Waals surface area contributed by atoms with E-state index in [1.54, 1.807) is 0 Å². The second-order valence-electron chi connectivity index (χ2n) is 5.32. The van der Waals surface area contributed by atoms with Crippen molar-refractivity contribution in [2.24, 2.45) is 0 Å². The lowest BCUT2D eigenvalue weighted by Crippen LogP contribution is -2.01. The molecule has 0 saturated heterocycles. The van der Waals surface area contributed by atoms with Crippen LogP contribution in [0.1, 0.15) is 49.4 Å². The van der Waals surface area contributed by atoms with E-state index in [0.29, 0.717) is 0 Å². The van der Waals surface area contributed by atoms with Crippen LogP contribution < -0.4 is 5.73 Å². The predicted octanol–water partition coefficient (Wildman–Crippen LogP) is 5.81. The fourth-order valence-electron chi connectivity index (χ4n) is 2.47. The molecular weight excluding hydrogens is 266 g/mol. The molecule has 0 heterocycles. The maximum Gasteiger partial charge on any atom is 0.0393 e. The Bertz CT molecular complexity index is 594. The molecule has 22 heavy (non-hydrogen) atoms. The van der Waals surface area contributed by atoms with Crippen LogP contribution in [-0.4, -0.2) is 0 Å². The van der Waals surface area contributed by atoms with E-state index in [-0.39, 0.29) is 0 Å². The Kier molecular flexibility index (Phi) is 7.45. The van der Waals surface area contributed by atoms with Gasteiger partial charge in [-0.15, -0.1) is 0 Å². The highest BCUT2D eigenvalue weighted by Crippen LogP contribution is 2.27. The van der Waals surface area contributed by atoms with E-state index in [1.807, 2.05) is 26.0 Å². The molecule has 0 saturated carbocycles. The van der Waals surface area contributed by atoms with Crippen molar-refractivity contribution in [2.75, 3.05) is 5.73 Å². The van der Waals surface area contributed by atoms with E-state index in [0.717, 1.165) is 36.1 Å². The number of benzene rings is 2. The zero-order chi connectivity index (χ0) is 16.5. The molecule has 1 heteroatoms. The molecule has 0 aliphatic heterocycles. The van der Waals surface area contributed by atoms with Gasteiger partial charge in [-0.05, 0) is 49.0 Å². The molecule has 2 aromatic rings. The Balaban J connectivity index is 0.00000116. The third kappa shape index (κ3) is 4.77. The minimum absolute atomic E-state index is 0.846. The van der Waals surface area contributed by atoms with Gasteiger partial charge in [0.1, 0.15) is 0 Å². The maximum absolute atomic E-state index is 6.13. The minimum Gasteiger partial charge on any atom is -0.398 e. The van der Waals surface area contributed by atoms with Gasteiger partial charge in [0.2, 0.25) is 0 Å². The van der Waals surface area contributed by atoms with E-state index in [1.165, 1.54) is 16.7 Å². The zero-order valence-electron chi connectivity index (χ0n) is 14.4. The first-order chi connectivity index (χ1) is 10.6. The highest BCUT2D eigenvalue weighted by molar-refractivity contribution is 5.76. The molecule has 0 spiro atoms. The highest BCUT2D eigenvalue weighted by atomic mass is 14.6. The molecule has 0 aliphatic carbocycles. The summed E-state index contributed by atoms with van der Waals surface area (Å²) in [5, 5.41) is 0. The summed E-state index contributed by atoms with van der Waals surface area (Å²) < 4.78 is 0. The molecule has 1 nitrogen and oxygen atoms in total. The monoisotopic (exact) mass is 295 g/mol. The summed E-state index contributed by atoms with van der Waals surface area (Å²) in [6.45, 7) is 12.4. The first-order valence-corrected chi connectivity index (χ1v) is 8.23. The molecule has 0 aliphatic rings. The Morgan fingerprint density at radius 3 is 2.23 bits per heavy atom. The van der Waals surface area contributed by atoms with Crippen molar-refractivity contribution in [3.63, 3.8) is 0 Å². The van der Waals surface area contributed by atoms with E-state index in [4.69, 9.17) is 5.73 Å². The molecule has 2 rings (SSSR count). The number of allylic oxidation sites excluding steroid dienone is 1. The summed E-state index contributed by atoms with van der Waals surface area (Å²) in [7, 11) is 0. The first kappa shape index (κ1) is 18.0. The fraction of sp³-hybridized carbons (Fsp3) is 0.333. The molecule has 2 aromatic carbocycles. The van der Waals surface area contributed by atoms with Gasteiger partial charge in [0, 0.05) is 11.3 Å². The fourth-order valence-corrected chi connectivity index (χ4v) is 2.47. The van der Waals surface area contributed by atoms with Crippen LogP contribution in [0.25, 0.3) is 5.57 Å². The minimum atomic E-state index is 0.846. The van der Waals surface area contributed by atoms with E-state index < -0.39 is 0 Å². The van der Waals surface area contributed by atoms with Crippen molar-refractivity contribution in [1.82, 2.24) is 0 Å². The van der Waals surface area contributed by atoms with E-state index >= 15 is 0 Å². The number of hydrogen-bond acceptors (Lipinski definition) is 1. The standard InChI is InChI=1S/C19H23N.C2H6/c1-4-15(3)19-17(6-5-7-18(19)20)13-12-16-10-8-14(2)9-11-16;1-2/h5-11H,3-4,12-13,20H2,1-2H3;1-2H3. The topological polar surface area (TPSA) is 26.0 Å². The van der Waals surface area contributed by atoms with Gasteiger partial charge in [-0.2, -0.15) is 0 Å². The first-order valence-electron chi connectivity index (χ1n) is 8.23. The summed E-state index contributed by atoms with van der Waals surface area (Å²) in [5.74, 6) is 0. The van der Waals surface area contributed by atoms with Gasteiger partial charge in [0.15, 0.2) is 0 Å². The number of hydrogen-bond donors (Lipinski definition) is 1. The SMILES string of the molecule is C=C(CC)c1c(N)cccc1CCc1ccc(C)cc1.CC. The highest BCUT2D eigenvalue weighted by Gasteiger charge is 2.08.